The molecule has 0 aliphatic carbocycles. The Bertz CT molecular complexity index is 1670. The first-order valence-corrected chi connectivity index (χ1v) is 12.0. The zero-order valence-corrected chi connectivity index (χ0v) is 20.5. The number of benzene rings is 2. The van der Waals surface area contributed by atoms with Crippen LogP contribution in [-0.4, -0.2) is 29.5 Å². The summed E-state index contributed by atoms with van der Waals surface area (Å²) < 4.78 is 10.0. The first kappa shape index (κ1) is 22.4. The molecule has 0 atom stereocenters. The summed E-state index contributed by atoms with van der Waals surface area (Å²) in [6.07, 6.45) is 7.36. The highest BCUT2D eigenvalue weighted by molar-refractivity contribution is 5.66. The van der Waals surface area contributed by atoms with E-state index in [2.05, 4.69) is 22.0 Å². The Balaban J connectivity index is 1.27. The smallest absolute Gasteiger partial charge is 0.129 e. The Morgan fingerprint density at radius 2 is 1.38 bits per heavy atom. The number of pyridine rings is 2. The monoisotopic (exact) mass is 484 g/mol. The maximum absolute atomic E-state index is 6.25. The molecule has 6 rings (SSSR count). The van der Waals surface area contributed by atoms with E-state index in [9.17, 15) is 0 Å². The van der Waals surface area contributed by atoms with E-state index < -0.39 is 0 Å². The van der Waals surface area contributed by atoms with Crippen molar-refractivity contribution in [3.63, 3.8) is 0 Å². The van der Waals surface area contributed by atoms with Crippen LogP contribution in [0, 0.1) is 13.8 Å². The van der Waals surface area contributed by atoms with Crippen LogP contribution in [0.15, 0.2) is 110 Å². The Labute approximate surface area is 214 Å². The van der Waals surface area contributed by atoms with Gasteiger partial charge in [-0.3, -0.25) is 9.97 Å². The Hall–Kier alpha value is -5.04. The van der Waals surface area contributed by atoms with E-state index >= 15 is 0 Å². The van der Waals surface area contributed by atoms with Crippen molar-refractivity contribution in [3.05, 3.63) is 121 Å². The fourth-order valence-corrected chi connectivity index (χ4v) is 4.41. The maximum Gasteiger partial charge on any atom is 0.129 e. The van der Waals surface area contributed by atoms with E-state index in [0.717, 1.165) is 51.0 Å². The van der Waals surface area contributed by atoms with Gasteiger partial charge in [0.1, 0.15) is 11.5 Å². The number of hydrogen-bond donors (Lipinski definition) is 0. The Kier molecular flexibility index (Phi) is 5.78. The number of aromatic nitrogens is 6. The normalized spacial score (nSPS) is 11.0. The van der Waals surface area contributed by atoms with Crippen LogP contribution in [0.25, 0.3) is 33.9 Å². The summed E-state index contributed by atoms with van der Waals surface area (Å²) in [5.74, 6) is 1.43. The standard InChI is InChI=1S/C30H24N6O/c1-21-30(29-14-4-6-16-32-29)22(2)36(34-21)25-10-8-12-27(18-25)37-26-11-7-9-24(17-26)35-20-23(19-33-35)28-13-3-5-15-31-28/h3-20H,1-2H3. The lowest BCUT2D eigenvalue weighted by molar-refractivity contribution is 0.481. The molecule has 7 nitrogen and oxygen atoms in total. The zero-order valence-electron chi connectivity index (χ0n) is 20.5. The van der Waals surface area contributed by atoms with Crippen LogP contribution in [0.4, 0.5) is 0 Å². The van der Waals surface area contributed by atoms with Gasteiger partial charge in [-0.15, -0.1) is 0 Å². The molecule has 180 valence electrons. The SMILES string of the molecule is Cc1nn(-c2cccc(Oc3cccc(-n4cc(-c5ccccn5)cn4)c3)c2)c(C)c1-c1ccccn1. The average Bonchev–Trinajstić information content (AvgIpc) is 3.55. The summed E-state index contributed by atoms with van der Waals surface area (Å²) in [4.78, 5) is 8.92. The van der Waals surface area contributed by atoms with Crippen molar-refractivity contribution >= 4 is 0 Å². The van der Waals surface area contributed by atoms with Gasteiger partial charge in [0.05, 0.1) is 40.3 Å². The minimum Gasteiger partial charge on any atom is -0.457 e. The second-order valence-electron chi connectivity index (χ2n) is 8.66. The van der Waals surface area contributed by atoms with E-state index in [1.54, 1.807) is 12.4 Å². The number of aryl methyl sites for hydroxylation is 1. The molecule has 0 spiro atoms. The number of ether oxygens (including phenoxy) is 1. The molecule has 4 aromatic heterocycles. The lowest BCUT2D eigenvalue weighted by Crippen LogP contribution is -2.00. The molecule has 0 amide bonds. The first-order chi connectivity index (χ1) is 18.2. The molecule has 0 unspecified atom stereocenters. The summed E-state index contributed by atoms with van der Waals surface area (Å²) in [5.41, 5.74) is 7.57. The molecule has 0 saturated heterocycles. The molecule has 37 heavy (non-hydrogen) atoms. The quantitative estimate of drug-likeness (QED) is 0.267. The van der Waals surface area contributed by atoms with Crippen LogP contribution in [-0.2, 0) is 0 Å². The summed E-state index contributed by atoms with van der Waals surface area (Å²) in [7, 11) is 0. The molecular weight excluding hydrogens is 460 g/mol. The van der Waals surface area contributed by atoms with Gasteiger partial charge in [0, 0.05) is 41.9 Å². The van der Waals surface area contributed by atoms with Crippen LogP contribution in [0.1, 0.15) is 11.4 Å². The third-order valence-corrected chi connectivity index (χ3v) is 6.14. The molecule has 0 saturated carbocycles. The van der Waals surface area contributed by atoms with Gasteiger partial charge in [-0.1, -0.05) is 24.3 Å². The molecular formula is C30H24N6O. The number of nitrogens with zero attached hydrogens (tertiary/aromatic N) is 6. The summed E-state index contributed by atoms with van der Waals surface area (Å²) in [6, 6.07) is 27.5. The largest absolute Gasteiger partial charge is 0.457 e. The van der Waals surface area contributed by atoms with E-state index in [0.29, 0.717) is 5.75 Å². The fourth-order valence-electron chi connectivity index (χ4n) is 4.41. The van der Waals surface area contributed by atoms with Crippen molar-refractivity contribution < 1.29 is 4.74 Å². The summed E-state index contributed by atoms with van der Waals surface area (Å²) in [5, 5.41) is 9.30. The number of hydrogen-bond acceptors (Lipinski definition) is 5. The minimum absolute atomic E-state index is 0.715. The molecule has 0 bridgehead atoms. The van der Waals surface area contributed by atoms with Crippen molar-refractivity contribution in [1.82, 2.24) is 29.5 Å². The lowest BCUT2D eigenvalue weighted by Gasteiger charge is -2.10. The molecule has 2 aromatic carbocycles. The topological polar surface area (TPSA) is 70.7 Å². The Morgan fingerprint density at radius 1 is 0.703 bits per heavy atom. The second-order valence-corrected chi connectivity index (χ2v) is 8.66. The molecule has 0 aliphatic heterocycles. The van der Waals surface area contributed by atoms with Gasteiger partial charge in [0.15, 0.2) is 0 Å². The number of rotatable bonds is 6. The summed E-state index contributed by atoms with van der Waals surface area (Å²) >= 11 is 0. The van der Waals surface area contributed by atoms with Crippen molar-refractivity contribution in [1.29, 1.82) is 0 Å². The molecule has 4 heterocycles. The molecule has 6 aromatic rings. The van der Waals surface area contributed by atoms with Gasteiger partial charge >= 0.3 is 0 Å². The highest BCUT2D eigenvalue weighted by Gasteiger charge is 2.16. The van der Waals surface area contributed by atoms with Gasteiger partial charge in [-0.2, -0.15) is 10.2 Å². The lowest BCUT2D eigenvalue weighted by atomic mass is 10.1. The van der Waals surface area contributed by atoms with Crippen molar-refractivity contribution in [2.75, 3.05) is 0 Å². The predicted octanol–water partition coefficient (Wildman–Crippen LogP) is 6.59. The van der Waals surface area contributed by atoms with E-state index in [1.807, 2.05) is 114 Å². The van der Waals surface area contributed by atoms with Crippen LogP contribution in [0.3, 0.4) is 0 Å². The van der Waals surface area contributed by atoms with E-state index in [1.165, 1.54) is 0 Å². The third kappa shape index (κ3) is 4.50. The van der Waals surface area contributed by atoms with Gasteiger partial charge in [0.2, 0.25) is 0 Å². The van der Waals surface area contributed by atoms with Crippen LogP contribution < -0.4 is 4.74 Å². The molecule has 0 N–H and O–H groups in total. The second kappa shape index (κ2) is 9.54. The van der Waals surface area contributed by atoms with E-state index in [4.69, 9.17) is 9.84 Å². The minimum atomic E-state index is 0.715. The molecule has 0 fully saturated rings. The van der Waals surface area contributed by atoms with Gasteiger partial charge in [0.25, 0.3) is 0 Å². The van der Waals surface area contributed by atoms with Gasteiger partial charge < -0.3 is 4.74 Å². The highest BCUT2D eigenvalue weighted by Crippen LogP contribution is 2.30. The first-order valence-electron chi connectivity index (χ1n) is 12.0. The highest BCUT2D eigenvalue weighted by atomic mass is 16.5. The average molecular weight is 485 g/mol. The van der Waals surface area contributed by atoms with Crippen molar-refractivity contribution in [2.45, 2.75) is 13.8 Å². The van der Waals surface area contributed by atoms with Crippen LogP contribution in [0.2, 0.25) is 0 Å². The van der Waals surface area contributed by atoms with Crippen LogP contribution in [0.5, 0.6) is 11.5 Å². The Morgan fingerprint density at radius 3 is 2.08 bits per heavy atom. The van der Waals surface area contributed by atoms with Crippen molar-refractivity contribution in [3.8, 4) is 45.4 Å². The molecule has 0 aliphatic rings. The molecule has 0 radical (unpaired) electrons. The zero-order chi connectivity index (χ0) is 25.2. The fraction of sp³-hybridized carbons (Fsp3) is 0.0667. The van der Waals surface area contributed by atoms with Crippen LogP contribution >= 0.6 is 0 Å². The maximum atomic E-state index is 6.25. The molecule has 7 heteroatoms. The predicted molar refractivity (Wildman–Crippen MR) is 143 cm³/mol. The van der Waals surface area contributed by atoms with Crippen molar-refractivity contribution in [2.24, 2.45) is 0 Å². The van der Waals surface area contributed by atoms with Gasteiger partial charge in [-0.05, 0) is 62.4 Å². The van der Waals surface area contributed by atoms with E-state index in [-0.39, 0.29) is 0 Å². The van der Waals surface area contributed by atoms with Gasteiger partial charge in [-0.25, -0.2) is 9.36 Å². The third-order valence-electron chi connectivity index (χ3n) is 6.14. The summed E-state index contributed by atoms with van der Waals surface area (Å²) in [6.45, 7) is 4.07.